The van der Waals surface area contributed by atoms with Crippen molar-refractivity contribution in [2.24, 2.45) is 5.92 Å². The molecule has 0 bridgehead atoms. The normalized spacial score (nSPS) is 21.5. The molecule has 4 nitrogen and oxygen atoms in total. The molecule has 2 aliphatic rings. The molecule has 1 aliphatic heterocycles. The maximum atomic E-state index is 5.91. The molecule has 116 valence electrons. The second-order valence-corrected chi connectivity index (χ2v) is 6.32. The number of anilines is 1. The molecule has 1 unspecified atom stereocenters. The van der Waals surface area contributed by atoms with Crippen molar-refractivity contribution in [3.8, 4) is 5.75 Å². The van der Waals surface area contributed by atoms with Crippen LogP contribution >= 0.6 is 0 Å². The lowest BCUT2D eigenvalue weighted by Gasteiger charge is -2.28. The molecule has 4 heteroatoms. The van der Waals surface area contributed by atoms with Crippen molar-refractivity contribution in [2.75, 3.05) is 31.1 Å². The van der Waals surface area contributed by atoms with Crippen LogP contribution in [-0.4, -0.2) is 37.3 Å². The zero-order valence-electron chi connectivity index (χ0n) is 13.1. The molecular formula is C17H27N3O. The highest BCUT2D eigenvalue weighted by molar-refractivity contribution is 5.52. The Balaban J connectivity index is 1.73. The Morgan fingerprint density at radius 3 is 2.95 bits per heavy atom. The summed E-state index contributed by atoms with van der Waals surface area (Å²) in [5.41, 5.74) is 0. The van der Waals surface area contributed by atoms with Gasteiger partial charge in [0.05, 0.1) is 6.61 Å². The smallest absolute Gasteiger partial charge is 0.171 e. The number of hydrogen-bond acceptors (Lipinski definition) is 4. The Morgan fingerprint density at radius 1 is 1.33 bits per heavy atom. The summed E-state index contributed by atoms with van der Waals surface area (Å²) >= 11 is 0. The highest BCUT2D eigenvalue weighted by Crippen LogP contribution is 2.34. The van der Waals surface area contributed by atoms with E-state index in [4.69, 9.17) is 4.74 Å². The third-order valence-electron chi connectivity index (χ3n) is 4.29. The van der Waals surface area contributed by atoms with Gasteiger partial charge in [0.2, 0.25) is 0 Å². The van der Waals surface area contributed by atoms with Crippen LogP contribution in [0, 0.1) is 5.92 Å². The summed E-state index contributed by atoms with van der Waals surface area (Å²) in [6.45, 7) is 6.23. The van der Waals surface area contributed by atoms with Crippen LogP contribution in [0.1, 0.15) is 39.0 Å². The predicted molar refractivity (Wildman–Crippen MR) is 86.0 cm³/mol. The van der Waals surface area contributed by atoms with E-state index in [0.717, 1.165) is 50.1 Å². The fourth-order valence-electron chi connectivity index (χ4n) is 2.98. The summed E-state index contributed by atoms with van der Waals surface area (Å²) in [5.74, 6) is 2.83. The van der Waals surface area contributed by atoms with Gasteiger partial charge in [0.1, 0.15) is 0 Å². The van der Waals surface area contributed by atoms with Crippen molar-refractivity contribution >= 4 is 5.82 Å². The molecule has 1 saturated heterocycles. The van der Waals surface area contributed by atoms with Crippen LogP contribution in [0.2, 0.25) is 0 Å². The van der Waals surface area contributed by atoms with Crippen molar-refractivity contribution in [1.29, 1.82) is 0 Å². The molecule has 0 radical (unpaired) electrons. The lowest BCUT2D eigenvalue weighted by molar-refractivity contribution is 0.316. The van der Waals surface area contributed by atoms with Gasteiger partial charge < -0.3 is 15.0 Å². The van der Waals surface area contributed by atoms with Crippen molar-refractivity contribution in [2.45, 2.75) is 45.1 Å². The largest absolute Gasteiger partial charge is 0.490 e. The van der Waals surface area contributed by atoms with E-state index in [1.165, 1.54) is 25.7 Å². The molecule has 0 spiro atoms. The molecule has 1 atom stereocenters. The zero-order valence-corrected chi connectivity index (χ0v) is 13.1. The molecule has 0 amide bonds. The number of ether oxygens (including phenoxy) is 1. The van der Waals surface area contributed by atoms with Crippen LogP contribution in [0.15, 0.2) is 18.3 Å². The fraction of sp³-hybridized carbons (Fsp3) is 0.706. The summed E-state index contributed by atoms with van der Waals surface area (Å²) in [5, 5.41) is 3.60. The quantitative estimate of drug-likeness (QED) is 0.798. The first-order valence-electron chi connectivity index (χ1n) is 8.43. The number of nitrogens with one attached hydrogen (secondary N) is 1. The van der Waals surface area contributed by atoms with Gasteiger partial charge in [-0.05, 0) is 56.7 Å². The summed E-state index contributed by atoms with van der Waals surface area (Å²) in [6.07, 6.45) is 8.22. The lowest BCUT2D eigenvalue weighted by Crippen LogP contribution is -2.39. The van der Waals surface area contributed by atoms with Crippen LogP contribution in [0.3, 0.4) is 0 Å². The minimum absolute atomic E-state index is 0.602. The van der Waals surface area contributed by atoms with Crippen LogP contribution in [0.4, 0.5) is 5.82 Å². The number of pyridine rings is 1. The molecule has 1 saturated carbocycles. The van der Waals surface area contributed by atoms with Crippen molar-refractivity contribution in [3.05, 3.63) is 18.3 Å². The fourth-order valence-corrected chi connectivity index (χ4v) is 2.98. The monoisotopic (exact) mass is 289 g/mol. The van der Waals surface area contributed by atoms with Crippen molar-refractivity contribution in [1.82, 2.24) is 10.3 Å². The molecule has 3 rings (SSSR count). The van der Waals surface area contributed by atoms with Gasteiger partial charge in [-0.3, -0.25) is 0 Å². The van der Waals surface area contributed by atoms with E-state index in [9.17, 15) is 0 Å². The lowest BCUT2D eigenvalue weighted by atomic mass is 10.2. The first kappa shape index (κ1) is 14.6. The molecule has 1 N–H and O–H groups in total. The average Bonchev–Trinajstić information content (AvgIpc) is 3.18. The minimum atomic E-state index is 0.602. The van der Waals surface area contributed by atoms with E-state index in [1.54, 1.807) is 0 Å². The molecule has 2 heterocycles. The molecular weight excluding hydrogens is 262 g/mol. The number of aromatic nitrogens is 1. The van der Waals surface area contributed by atoms with Gasteiger partial charge in [0.25, 0.3) is 0 Å². The average molecular weight is 289 g/mol. The van der Waals surface area contributed by atoms with Gasteiger partial charge in [-0.2, -0.15) is 0 Å². The summed E-state index contributed by atoms with van der Waals surface area (Å²) in [6, 6.07) is 4.63. The van der Waals surface area contributed by atoms with Crippen molar-refractivity contribution in [3.63, 3.8) is 0 Å². The first-order valence-corrected chi connectivity index (χ1v) is 8.43. The Hall–Kier alpha value is -1.29. The van der Waals surface area contributed by atoms with E-state index in [1.807, 2.05) is 12.3 Å². The van der Waals surface area contributed by atoms with E-state index in [2.05, 4.69) is 28.2 Å². The summed E-state index contributed by atoms with van der Waals surface area (Å²) < 4.78 is 5.91. The Kier molecular flexibility index (Phi) is 4.96. The highest BCUT2D eigenvalue weighted by atomic mass is 16.5. The second kappa shape index (κ2) is 7.12. The minimum Gasteiger partial charge on any atom is -0.490 e. The van der Waals surface area contributed by atoms with E-state index < -0.39 is 0 Å². The van der Waals surface area contributed by atoms with Crippen LogP contribution in [0.5, 0.6) is 5.75 Å². The number of nitrogens with zero attached hydrogens (tertiary/aromatic N) is 2. The molecule has 0 aromatic carbocycles. The third kappa shape index (κ3) is 4.10. The molecule has 21 heavy (non-hydrogen) atoms. The Labute approximate surface area is 127 Å². The van der Waals surface area contributed by atoms with Gasteiger partial charge in [-0.25, -0.2) is 4.98 Å². The summed E-state index contributed by atoms with van der Waals surface area (Å²) in [7, 11) is 0. The SMILES string of the molecule is CCCOc1cccnc1N(CC1CC1)CC1CCCN1. The maximum absolute atomic E-state index is 5.91. The molecule has 2 fully saturated rings. The van der Waals surface area contributed by atoms with Crippen LogP contribution < -0.4 is 15.0 Å². The Bertz CT molecular complexity index is 441. The summed E-state index contributed by atoms with van der Waals surface area (Å²) in [4.78, 5) is 7.08. The third-order valence-corrected chi connectivity index (χ3v) is 4.29. The van der Waals surface area contributed by atoms with Crippen LogP contribution in [-0.2, 0) is 0 Å². The van der Waals surface area contributed by atoms with E-state index in [0.29, 0.717) is 6.04 Å². The van der Waals surface area contributed by atoms with Gasteiger partial charge in [-0.15, -0.1) is 0 Å². The second-order valence-electron chi connectivity index (χ2n) is 6.32. The predicted octanol–water partition coefficient (Wildman–Crippen LogP) is 2.84. The molecule has 1 aliphatic carbocycles. The van der Waals surface area contributed by atoms with Gasteiger partial charge in [0.15, 0.2) is 11.6 Å². The van der Waals surface area contributed by atoms with Crippen LogP contribution in [0.25, 0.3) is 0 Å². The highest BCUT2D eigenvalue weighted by Gasteiger charge is 2.28. The molecule has 1 aromatic heterocycles. The zero-order chi connectivity index (χ0) is 14.5. The first-order chi connectivity index (χ1) is 10.4. The van der Waals surface area contributed by atoms with Gasteiger partial charge in [-0.1, -0.05) is 6.92 Å². The van der Waals surface area contributed by atoms with Crippen molar-refractivity contribution < 1.29 is 4.74 Å². The standard InChI is InChI=1S/C17H27N3O/c1-2-11-21-16-6-4-10-19-17(16)20(12-14-7-8-14)13-15-5-3-9-18-15/h4,6,10,14-15,18H,2-3,5,7-9,11-13H2,1H3. The van der Waals surface area contributed by atoms with E-state index in [-0.39, 0.29) is 0 Å². The number of rotatable bonds is 8. The number of hydrogen-bond donors (Lipinski definition) is 1. The van der Waals surface area contributed by atoms with E-state index >= 15 is 0 Å². The van der Waals surface area contributed by atoms with Gasteiger partial charge in [0, 0.05) is 25.3 Å². The topological polar surface area (TPSA) is 37.4 Å². The molecule has 1 aromatic rings. The maximum Gasteiger partial charge on any atom is 0.171 e. The van der Waals surface area contributed by atoms with Gasteiger partial charge >= 0.3 is 0 Å². The Morgan fingerprint density at radius 2 is 2.24 bits per heavy atom.